The Morgan fingerprint density at radius 1 is 1.19 bits per heavy atom. The quantitative estimate of drug-likeness (QED) is 0.894. The fourth-order valence-corrected chi connectivity index (χ4v) is 3.26. The Labute approximate surface area is 128 Å². The number of anilines is 1. The Hall–Kier alpha value is -1.35. The summed E-state index contributed by atoms with van der Waals surface area (Å²) in [7, 11) is 0. The first-order chi connectivity index (χ1) is 10.1. The minimum Gasteiger partial charge on any atom is -0.326 e. The third-order valence-electron chi connectivity index (χ3n) is 4.65. The second-order valence-corrected chi connectivity index (χ2v) is 6.45. The normalized spacial score (nSPS) is 17.5. The number of carbonyl (C=O) groups excluding carboxylic acids is 1. The van der Waals surface area contributed by atoms with Crippen molar-refractivity contribution in [3.63, 3.8) is 0 Å². The Balaban J connectivity index is 2.22. The van der Waals surface area contributed by atoms with Crippen molar-refractivity contribution >= 4 is 11.6 Å². The van der Waals surface area contributed by atoms with Gasteiger partial charge in [0, 0.05) is 24.2 Å². The van der Waals surface area contributed by atoms with Gasteiger partial charge in [0.2, 0.25) is 5.91 Å². The molecule has 0 bridgehead atoms. The van der Waals surface area contributed by atoms with Gasteiger partial charge in [0.1, 0.15) is 0 Å². The Bertz CT molecular complexity index is 461. The third-order valence-corrected chi connectivity index (χ3v) is 4.65. The molecule has 0 aromatic heterocycles. The van der Waals surface area contributed by atoms with Crippen molar-refractivity contribution in [3.8, 4) is 0 Å². The first kappa shape index (κ1) is 16.0. The van der Waals surface area contributed by atoms with E-state index >= 15 is 0 Å². The molecule has 1 saturated carbocycles. The summed E-state index contributed by atoms with van der Waals surface area (Å²) in [5, 5.41) is 0. The molecule has 0 heterocycles. The van der Waals surface area contributed by atoms with E-state index in [2.05, 4.69) is 13.8 Å². The van der Waals surface area contributed by atoms with Crippen LogP contribution in [0.15, 0.2) is 24.3 Å². The van der Waals surface area contributed by atoms with Gasteiger partial charge in [-0.05, 0) is 37.0 Å². The molecule has 1 aliphatic rings. The van der Waals surface area contributed by atoms with Gasteiger partial charge in [0.05, 0.1) is 0 Å². The molecule has 1 aromatic carbocycles. The number of nitrogens with zero attached hydrogens (tertiary/aromatic N) is 1. The number of hydrogen-bond donors (Lipinski definition) is 1. The highest BCUT2D eigenvalue weighted by Gasteiger charge is 2.37. The maximum Gasteiger partial charge on any atom is 0.232 e. The SMILES string of the molecule is CCCN(C(=O)C1(C)CCCCC1)c1ccc(CN)cc1. The van der Waals surface area contributed by atoms with Crippen molar-refractivity contribution in [2.45, 2.75) is 58.9 Å². The van der Waals surface area contributed by atoms with Crippen LogP contribution in [0.1, 0.15) is 57.9 Å². The summed E-state index contributed by atoms with van der Waals surface area (Å²) in [6.07, 6.45) is 6.63. The topological polar surface area (TPSA) is 46.3 Å². The summed E-state index contributed by atoms with van der Waals surface area (Å²) < 4.78 is 0. The Kier molecular flexibility index (Phi) is 5.40. The molecule has 3 nitrogen and oxygen atoms in total. The number of carbonyl (C=O) groups is 1. The first-order valence-electron chi connectivity index (χ1n) is 8.21. The van der Waals surface area contributed by atoms with Crippen LogP contribution in [0, 0.1) is 5.41 Å². The van der Waals surface area contributed by atoms with Gasteiger partial charge < -0.3 is 10.6 Å². The average molecular weight is 288 g/mol. The summed E-state index contributed by atoms with van der Waals surface area (Å²) in [5.41, 5.74) is 7.58. The van der Waals surface area contributed by atoms with Gasteiger partial charge in [0.15, 0.2) is 0 Å². The van der Waals surface area contributed by atoms with Crippen LogP contribution in [-0.4, -0.2) is 12.5 Å². The standard InChI is InChI=1S/C18H28N2O/c1-3-13-20(16-9-7-15(14-19)8-10-16)17(21)18(2)11-5-4-6-12-18/h7-10H,3-6,11-14,19H2,1-2H3. The lowest BCUT2D eigenvalue weighted by atomic mass is 9.74. The van der Waals surface area contributed by atoms with E-state index in [1.807, 2.05) is 29.2 Å². The summed E-state index contributed by atoms with van der Waals surface area (Å²) in [4.78, 5) is 15.0. The van der Waals surface area contributed by atoms with Crippen LogP contribution in [0.3, 0.4) is 0 Å². The zero-order chi connectivity index (χ0) is 15.3. The van der Waals surface area contributed by atoms with E-state index in [4.69, 9.17) is 5.73 Å². The molecular formula is C18H28N2O. The number of amides is 1. The van der Waals surface area contributed by atoms with Crippen LogP contribution in [-0.2, 0) is 11.3 Å². The lowest BCUT2D eigenvalue weighted by molar-refractivity contribution is -0.129. The molecule has 2 rings (SSSR count). The minimum absolute atomic E-state index is 0.181. The van der Waals surface area contributed by atoms with Crippen LogP contribution in [0.4, 0.5) is 5.69 Å². The van der Waals surface area contributed by atoms with Crippen molar-refractivity contribution in [3.05, 3.63) is 29.8 Å². The van der Waals surface area contributed by atoms with Crippen LogP contribution >= 0.6 is 0 Å². The average Bonchev–Trinajstić information content (AvgIpc) is 2.53. The molecule has 0 spiro atoms. The van der Waals surface area contributed by atoms with Crippen LogP contribution in [0.25, 0.3) is 0 Å². The maximum absolute atomic E-state index is 13.1. The van der Waals surface area contributed by atoms with Crippen LogP contribution < -0.4 is 10.6 Å². The summed E-state index contributed by atoms with van der Waals surface area (Å²) in [6.45, 7) is 5.60. The van der Waals surface area contributed by atoms with E-state index in [1.54, 1.807) is 0 Å². The second kappa shape index (κ2) is 7.08. The fourth-order valence-electron chi connectivity index (χ4n) is 3.26. The van der Waals surface area contributed by atoms with Crippen molar-refractivity contribution in [1.82, 2.24) is 0 Å². The van der Waals surface area contributed by atoms with E-state index in [1.165, 1.54) is 19.3 Å². The molecule has 0 atom stereocenters. The van der Waals surface area contributed by atoms with E-state index in [9.17, 15) is 4.79 Å². The van der Waals surface area contributed by atoms with E-state index < -0.39 is 0 Å². The molecule has 0 aliphatic heterocycles. The Morgan fingerprint density at radius 2 is 1.81 bits per heavy atom. The van der Waals surface area contributed by atoms with Gasteiger partial charge in [-0.15, -0.1) is 0 Å². The fraction of sp³-hybridized carbons (Fsp3) is 0.611. The predicted molar refractivity (Wildman–Crippen MR) is 88.2 cm³/mol. The molecule has 1 amide bonds. The molecule has 2 N–H and O–H groups in total. The van der Waals surface area contributed by atoms with Crippen LogP contribution in [0.5, 0.6) is 0 Å². The number of nitrogens with two attached hydrogens (primary N) is 1. The van der Waals surface area contributed by atoms with Crippen molar-refractivity contribution in [2.75, 3.05) is 11.4 Å². The monoisotopic (exact) mass is 288 g/mol. The van der Waals surface area contributed by atoms with Crippen molar-refractivity contribution in [1.29, 1.82) is 0 Å². The number of hydrogen-bond acceptors (Lipinski definition) is 2. The first-order valence-corrected chi connectivity index (χ1v) is 8.21. The third kappa shape index (κ3) is 3.65. The molecule has 0 radical (unpaired) electrons. The second-order valence-electron chi connectivity index (χ2n) is 6.45. The number of rotatable bonds is 5. The molecular weight excluding hydrogens is 260 g/mol. The zero-order valence-electron chi connectivity index (χ0n) is 13.4. The van der Waals surface area contributed by atoms with Gasteiger partial charge in [0.25, 0.3) is 0 Å². The van der Waals surface area contributed by atoms with Gasteiger partial charge >= 0.3 is 0 Å². The van der Waals surface area contributed by atoms with Crippen LogP contribution in [0.2, 0.25) is 0 Å². The lowest BCUT2D eigenvalue weighted by Gasteiger charge is -2.37. The zero-order valence-corrected chi connectivity index (χ0v) is 13.4. The highest BCUT2D eigenvalue weighted by molar-refractivity contribution is 5.97. The molecule has 21 heavy (non-hydrogen) atoms. The smallest absolute Gasteiger partial charge is 0.232 e. The summed E-state index contributed by atoms with van der Waals surface area (Å²) in [6, 6.07) is 8.10. The highest BCUT2D eigenvalue weighted by atomic mass is 16.2. The van der Waals surface area contributed by atoms with Gasteiger partial charge in [-0.25, -0.2) is 0 Å². The molecule has 116 valence electrons. The molecule has 1 fully saturated rings. The maximum atomic E-state index is 13.1. The summed E-state index contributed by atoms with van der Waals surface area (Å²) in [5.74, 6) is 0.296. The molecule has 0 unspecified atom stereocenters. The summed E-state index contributed by atoms with van der Waals surface area (Å²) >= 11 is 0. The van der Waals surface area contributed by atoms with Crippen molar-refractivity contribution < 1.29 is 4.79 Å². The van der Waals surface area contributed by atoms with E-state index in [0.29, 0.717) is 12.5 Å². The van der Waals surface area contributed by atoms with Gasteiger partial charge in [-0.2, -0.15) is 0 Å². The molecule has 0 saturated heterocycles. The molecule has 1 aromatic rings. The molecule has 3 heteroatoms. The largest absolute Gasteiger partial charge is 0.326 e. The van der Waals surface area contributed by atoms with Gasteiger partial charge in [-0.1, -0.05) is 45.2 Å². The minimum atomic E-state index is -0.181. The van der Waals surface area contributed by atoms with E-state index in [-0.39, 0.29) is 5.41 Å². The lowest BCUT2D eigenvalue weighted by Crippen LogP contribution is -2.44. The van der Waals surface area contributed by atoms with Gasteiger partial charge in [-0.3, -0.25) is 4.79 Å². The highest BCUT2D eigenvalue weighted by Crippen LogP contribution is 2.38. The predicted octanol–water partition coefficient (Wildman–Crippen LogP) is 3.86. The molecule has 1 aliphatic carbocycles. The van der Waals surface area contributed by atoms with Crippen molar-refractivity contribution in [2.24, 2.45) is 11.1 Å². The Morgan fingerprint density at radius 3 is 2.33 bits per heavy atom. The van der Waals surface area contributed by atoms with E-state index in [0.717, 1.165) is 37.1 Å². The number of benzene rings is 1.